The number of esters is 1. The van der Waals surface area contributed by atoms with E-state index in [-0.39, 0.29) is 49.6 Å². The molecule has 4 amide bonds. The molecule has 0 bridgehead atoms. The topological polar surface area (TPSA) is 291 Å². The van der Waals surface area contributed by atoms with Crippen LogP contribution in [0, 0.1) is 20.8 Å². The van der Waals surface area contributed by atoms with Crippen LogP contribution in [0.3, 0.4) is 0 Å². The lowest BCUT2D eigenvalue weighted by molar-refractivity contribution is -0.157. The SMILES string of the molecule is Cc1c(C)c(S(=O)(=O)NC(N)=NCCC[C@H](NC(=O)[C@@H]2CC[C@@H]3CC[C@](Cc4ccccc4)(NC(=O)[C@@H](N)CC(=O)OC(C)(C)C)C(=O)N32)C(=O)NCC(=O)O)c(C)c2c1OC(C)(C)CC2. The van der Waals surface area contributed by atoms with Crippen molar-refractivity contribution in [2.45, 2.75) is 165 Å². The van der Waals surface area contributed by atoms with Gasteiger partial charge >= 0.3 is 11.9 Å². The molecule has 2 fully saturated rings. The minimum absolute atomic E-state index is 0.0626. The molecule has 0 unspecified atom stereocenters. The summed E-state index contributed by atoms with van der Waals surface area (Å²) >= 11 is 0. The number of amides is 4. The molecule has 2 saturated heterocycles. The van der Waals surface area contributed by atoms with E-state index in [1.165, 1.54) is 4.90 Å². The highest BCUT2D eigenvalue weighted by molar-refractivity contribution is 7.90. The Hall–Kier alpha value is -5.76. The third-order valence-corrected chi connectivity index (χ3v) is 14.0. The van der Waals surface area contributed by atoms with Gasteiger partial charge in [0.15, 0.2) is 0 Å². The smallest absolute Gasteiger partial charge is 0.322 e. The Bertz CT molecular complexity index is 2350. The van der Waals surface area contributed by atoms with E-state index in [0.717, 1.165) is 11.1 Å². The normalized spacial score (nSPS) is 21.3. The van der Waals surface area contributed by atoms with E-state index in [1.807, 2.05) is 39.0 Å². The van der Waals surface area contributed by atoms with Crippen LogP contribution in [-0.2, 0) is 56.4 Å². The maximum absolute atomic E-state index is 14.8. The van der Waals surface area contributed by atoms with Gasteiger partial charge in [-0.2, -0.15) is 0 Å². The molecule has 3 aliphatic rings. The Morgan fingerprint density at radius 2 is 1.68 bits per heavy atom. The van der Waals surface area contributed by atoms with E-state index in [9.17, 15) is 42.3 Å². The number of carbonyl (C=O) groups excluding carboxylic acids is 5. The summed E-state index contributed by atoms with van der Waals surface area (Å²) in [7, 11) is -4.19. The van der Waals surface area contributed by atoms with Gasteiger partial charge in [0.1, 0.15) is 41.1 Å². The lowest BCUT2D eigenvalue weighted by Gasteiger charge is -2.46. The second-order valence-corrected chi connectivity index (χ2v) is 20.8. The summed E-state index contributed by atoms with van der Waals surface area (Å²) < 4.78 is 41.4. The molecule has 3 aliphatic heterocycles. The van der Waals surface area contributed by atoms with E-state index in [4.69, 9.17) is 20.9 Å². The van der Waals surface area contributed by atoms with E-state index >= 15 is 0 Å². The summed E-state index contributed by atoms with van der Waals surface area (Å²) in [5.74, 6) is -4.43. The fourth-order valence-corrected chi connectivity index (χ4v) is 10.6. The van der Waals surface area contributed by atoms with Crippen LogP contribution in [0.25, 0.3) is 0 Å². The molecular formula is C46H66N8O11S. The van der Waals surface area contributed by atoms with Crippen molar-refractivity contribution in [3.8, 4) is 5.75 Å². The van der Waals surface area contributed by atoms with Crippen LogP contribution < -0.4 is 36.9 Å². The molecule has 19 nitrogen and oxygen atoms in total. The lowest BCUT2D eigenvalue weighted by Crippen LogP contribution is -2.68. The Labute approximate surface area is 386 Å². The highest BCUT2D eigenvalue weighted by Crippen LogP contribution is 2.42. The number of nitrogens with two attached hydrogens (primary N) is 2. The minimum Gasteiger partial charge on any atom is -0.487 e. The van der Waals surface area contributed by atoms with Gasteiger partial charge in [-0.25, -0.2) is 13.1 Å². The maximum Gasteiger partial charge on any atom is 0.322 e. The van der Waals surface area contributed by atoms with E-state index in [1.54, 1.807) is 46.8 Å². The number of ether oxygens (including phenoxy) is 2. The summed E-state index contributed by atoms with van der Waals surface area (Å²) in [5, 5.41) is 17.1. The molecule has 9 N–H and O–H groups in total. The summed E-state index contributed by atoms with van der Waals surface area (Å²) in [5.41, 5.74) is 12.9. The van der Waals surface area contributed by atoms with Gasteiger partial charge in [-0.15, -0.1) is 0 Å². The van der Waals surface area contributed by atoms with Crippen LogP contribution in [-0.4, -0.2) is 114 Å². The number of aliphatic imine (C=N–C) groups is 1. The zero-order valence-corrected chi connectivity index (χ0v) is 40.0. The zero-order chi connectivity index (χ0) is 48.9. The lowest BCUT2D eigenvalue weighted by atomic mass is 9.79. The third kappa shape index (κ3) is 12.4. The number of guanidine groups is 1. The maximum atomic E-state index is 14.8. The Balaban J connectivity index is 1.30. The van der Waals surface area contributed by atoms with Crippen LogP contribution in [0.5, 0.6) is 5.75 Å². The summed E-state index contributed by atoms with van der Waals surface area (Å²) in [4.78, 5) is 85.7. The van der Waals surface area contributed by atoms with E-state index in [0.29, 0.717) is 48.1 Å². The second-order valence-electron chi connectivity index (χ2n) is 19.2. The number of nitrogens with zero attached hydrogens (tertiary/aromatic N) is 2. The van der Waals surface area contributed by atoms with Crippen molar-refractivity contribution in [3.05, 3.63) is 58.1 Å². The second kappa shape index (κ2) is 20.4. The number of piperidine rings is 1. The fraction of sp³-hybridized carbons (Fsp3) is 0.587. The Kier molecular flexibility index (Phi) is 15.8. The zero-order valence-electron chi connectivity index (χ0n) is 39.2. The number of hydrogen-bond donors (Lipinski definition) is 7. The molecular weight excluding hydrogens is 873 g/mol. The average molecular weight is 939 g/mol. The highest BCUT2D eigenvalue weighted by Gasteiger charge is 2.54. The van der Waals surface area contributed by atoms with Crippen molar-refractivity contribution >= 4 is 51.6 Å². The quantitative estimate of drug-likeness (QED) is 0.0518. The van der Waals surface area contributed by atoms with Crippen LogP contribution in [0.15, 0.2) is 40.2 Å². The Morgan fingerprint density at radius 3 is 2.33 bits per heavy atom. The number of sulfonamides is 1. The van der Waals surface area contributed by atoms with Crippen molar-refractivity contribution < 1.29 is 51.8 Å². The molecule has 0 saturated carbocycles. The van der Waals surface area contributed by atoms with Crippen molar-refractivity contribution in [2.24, 2.45) is 16.5 Å². The molecule has 0 spiro atoms. The molecule has 3 heterocycles. The van der Waals surface area contributed by atoms with Crippen LogP contribution in [0.2, 0.25) is 0 Å². The minimum atomic E-state index is -4.19. The van der Waals surface area contributed by atoms with Crippen molar-refractivity contribution in [2.75, 3.05) is 13.1 Å². The van der Waals surface area contributed by atoms with Crippen molar-refractivity contribution in [1.29, 1.82) is 0 Å². The van der Waals surface area contributed by atoms with Crippen LogP contribution in [0.4, 0.5) is 0 Å². The number of nitrogens with one attached hydrogen (secondary N) is 4. The summed E-state index contributed by atoms with van der Waals surface area (Å²) in [6.45, 7) is 13.5. The van der Waals surface area contributed by atoms with E-state index < -0.39 is 99.4 Å². The average Bonchev–Trinajstić information content (AvgIpc) is 3.65. The molecule has 5 rings (SSSR count). The van der Waals surface area contributed by atoms with E-state index in [2.05, 4.69) is 25.7 Å². The van der Waals surface area contributed by atoms with Crippen molar-refractivity contribution in [3.63, 3.8) is 0 Å². The van der Waals surface area contributed by atoms with Gasteiger partial charge in [0, 0.05) is 19.0 Å². The monoisotopic (exact) mass is 938 g/mol. The number of hydrogen-bond acceptors (Lipinski definition) is 12. The molecule has 0 aromatic heterocycles. The van der Waals surface area contributed by atoms with Gasteiger partial charge in [-0.1, -0.05) is 30.3 Å². The third-order valence-electron chi connectivity index (χ3n) is 12.4. The first kappa shape index (κ1) is 51.2. The number of carboxylic acids is 1. The van der Waals surface area contributed by atoms with Crippen LogP contribution >= 0.6 is 0 Å². The first-order valence-corrected chi connectivity index (χ1v) is 23.8. The molecule has 2 aromatic rings. The van der Waals surface area contributed by atoms with Gasteiger partial charge in [0.2, 0.25) is 29.6 Å². The predicted octanol–water partition coefficient (Wildman–Crippen LogP) is 2.08. The first-order valence-electron chi connectivity index (χ1n) is 22.3. The summed E-state index contributed by atoms with van der Waals surface area (Å²) in [6, 6.07) is 4.99. The number of carboxylic acid groups (broad SMARTS) is 1. The number of rotatable bonds is 17. The Morgan fingerprint density at radius 1 is 1.00 bits per heavy atom. The molecule has 20 heteroatoms. The van der Waals surface area contributed by atoms with Gasteiger partial charge in [0.25, 0.3) is 10.0 Å². The predicted molar refractivity (Wildman–Crippen MR) is 245 cm³/mol. The van der Waals surface area contributed by atoms with Crippen molar-refractivity contribution in [1.82, 2.24) is 25.6 Å². The molecule has 0 radical (unpaired) electrons. The van der Waals surface area contributed by atoms with Gasteiger partial charge in [0.05, 0.1) is 17.4 Å². The van der Waals surface area contributed by atoms with Gasteiger partial charge < -0.3 is 46.9 Å². The van der Waals surface area contributed by atoms with Crippen LogP contribution in [0.1, 0.15) is 114 Å². The highest BCUT2D eigenvalue weighted by atomic mass is 32.2. The molecule has 0 aliphatic carbocycles. The molecule has 2 aromatic carbocycles. The van der Waals surface area contributed by atoms with Gasteiger partial charge in [-0.3, -0.25) is 33.8 Å². The number of benzene rings is 2. The number of aliphatic carboxylic acids is 1. The molecule has 362 valence electrons. The number of carbonyl (C=O) groups is 6. The standard InChI is InChI=1S/C46H66N8O11S/c1-26-27(2)38(28(3)31-19-20-45(7,8)65-37(26)31)66(62,63)53-43(48)49-22-12-15-33(40(59)50-25-35(55)56)51-41(60)34-17-16-30-18-21-46(42(61)54(30)34,24-29-13-10-9-11-14-29)52-39(58)32(47)23-36(57)64-44(4,5)6/h9-11,13-14,30,32-34H,12,15-25,47H2,1-8H3,(H,50,59)(H,51,60)(H,52,58)(H,55,56)(H3,48,49,53)/t30-,32+,33+,34+,46-/m1/s1. The molecule has 66 heavy (non-hydrogen) atoms. The first-order chi connectivity index (χ1) is 30.7. The number of fused-ring (bicyclic) bond motifs is 2. The summed E-state index contributed by atoms with van der Waals surface area (Å²) in [6.07, 6.45) is 2.37. The fourth-order valence-electron chi connectivity index (χ4n) is 9.04. The largest absolute Gasteiger partial charge is 0.487 e. The van der Waals surface area contributed by atoms with Gasteiger partial charge in [-0.05, 0) is 135 Å². The molecule has 5 atom stereocenters.